The van der Waals surface area contributed by atoms with Crippen molar-refractivity contribution in [3.05, 3.63) is 46.2 Å². The Morgan fingerprint density at radius 1 is 1.50 bits per heavy atom. The summed E-state index contributed by atoms with van der Waals surface area (Å²) in [6.07, 6.45) is 3.08. The molecule has 0 saturated heterocycles. The minimum absolute atomic E-state index is 0.344. The average molecular weight is 337 g/mol. The van der Waals surface area contributed by atoms with Gasteiger partial charge in [0.1, 0.15) is 11.4 Å². The van der Waals surface area contributed by atoms with Crippen LogP contribution in [0.15, 0.2) is 40.0 Å². The third-order valence-corrected chi connectivity index (χ3v) is 3.20. The van der Waals surface area contributed by atoms with Crippen LogP contribution in [0.3, 0.4) is 0 Å². The number of nitrogens with one attached hydrogen (secondary N) is 1. The molecule has 2 rings (SSSR count). The number of ether oxygens (including phenoxy) is 1. The van der Waals surface area contributed by atoms with Crippen molar-refractivity contribution in [1.82, 2.24) is 15.2 Å². The van der Waals surface area contributed by atoms with Crippen molar-refractivity contribution in [2.75, 3.05) is 7.11 Å². The van der Waals surface area contributed by atoms with E-state index in [0.717, 1.165) is 5.56 Å². The second-order valence-electron chi connectivity index (χ2n) is 3.91. The molecule has 104 valence electrons. The van der Waals surface area contributed by atoms with Crippen molar-refractivity contribution < 1.29 is 9.53 Å². The number of nitrogens with zero attached hydrogens (tertiary/aromatic N) is 3. The minimum Gasteiger partial charge on any atom is -0.496 e. The number of rotatable bonds is 4. The van der Waals surface area contributed by atoms with Crippen LogP contribution in [0.4, 0.5) is 0 Å². The van der Waals surface area contributed by atoms with Gasteiger partial charge in [-0.1, -0.05) is 12.1 Å². The number of aromatic nitrogens is 2. The zero-order valence-corrected chi connectivity index (χ0v) is 12.6. The Hall–Kier alpha value is -2.15. The normalized spacial score (nSPS) is 10.8. The van der Waals surface area contributed by atoms with E-state index >= 15 is 0 Å². The fraction of sp³-hybridized carbons (Fsp3) is 0.154. The van der Waals surface area contributed by atoms with Gasteiger partial charge in [-0.05, 0) is 28.1 Å². The molecule has 6 nitrogen and oxygen atoms in total. The van der Waals surface area contributed by atoms with E-state index < -0.39 is 0 Å². The average Bonchev–Trinajstić information content (AvgIpc) is 2.78. The zero-order chi connectivity index (χ0) is 14.5. The highest BCUT2D eigenvalue weighted by Gasteiger charge is 2.14. The van der Waals surface area contributed by atoms with Gasteiger partial charge in [0.05, 0.1) is 24.0 Å². The number of aryl methyl sites for hydroxylation is 1. The molecule has 20 heavy (non-hydrogen) atoms. The smallest absolute Gasteiger partial charge is 0.290 e. The van der Waals surface area contributed by atoms with E-state index in [9.17, 15) is 4.79 Å². The van der Waals surface area contributed by atoms with Crippen LogP contribution in [0.25, 0.3) is 0 Å². The van der Waals surface area contributed by atoms with E-state index in [-0.39, 0.29) is 5.91 Å². The molecule has 1 aromatic heterocycles. The van der Waals surface area contributed by atoms with E-state index in [1.807, 2.05) is 24.3 Å². The number of carbonyl (C=O) groups excluding carboxylic acids is 1. The lowest BCUT2D eigenvalue weighted by molar-refractivity contribution is 0.0945. The van der Waals surface area contributed by atoms with Gasteiger partial charge >= 0.3 is 0 Å². The Morgan fingerprint density at radius 2 is 2.25 bits per heavy atom. The maximum atomic E-state index is 11.9. The summed E-state index contributed by atoms with van der Waals surface area (Å²) in [6, 6.07) is 7.39. The first-order valence-corrected chi connectivity index (χ1v) is 6.56. The number of methoxy groups -OCH3 is 1. The summed E-state index contributed by atoms with van der Waals surface area (Å²) in [7, 11) is 3.27. The number of carbonyl (C=O) groups is 1. The first-order chi connectivity index (χ1) is 9.63. The summed E-state index contributed by atoms with van der Waals surface area (Å²) in [5.74, 6) is 0.343. The number of benzene rings is 1. The molecule has 1 N–H and O–H groups in total. The summed E-state index contributed by atoms with van der Waals surface area (Å²) in [5, 5.41) is 7.89. The predicted molar refractivity (Wildman–Crippen MR) is 79.0 cm³/mol. The molecule has 0 unspecified atom stereocenters. The zero-order valence-electron chi connectivity index (χ0n) is 11.0. The largest absolute Gasteiger partial charge is 0.496 e. The van der Waals surface area contributed by atoms with Crippen LogP contribution in [0.2, 0.25) is 0 Å². The quantitative estimate of drug-likeness (QED) is 0.685. The lowest BCUT2D eigenvalue weighted by Gasteiger charge is -2.03. The van der Waals surface area contributed by atoms with E-state index in [0.29, 0.717) is 15.9 Å². The summed E-state index contributed by atoms with van der Waals surface area (Å²) in [5.41, 5.74) is 3.63. The van der Waals surface area contributed by atoms with Crippen LogP contribution in [-0.4, -0.2) is 29.0 Å². The summed E-state index contributed by atoms with van der Waals surface area (Å²) < 4.78 is 7.27. The second-order valence-corrected chi connectivity index (χ2v) is 4.76. The number of hydrazone groups is 1. The maximum Gasteiger partial charge on any atom is 0.290 e. The van der Waals surface area contributed by atoms with Crippen molar-refractivity contribution in [3.8, 4) is 5.75 Å². The first-order valence-electron chi connectivity index (χ1n) is 5.77. The van der Waals surface area contributed by atoms with Crippen LogP contribution in [0.1, 0.15) is 16.1 Å². The summed E-state index contributed by atoms with van der Waals surface area (Å²) in [4.78, 5) is 11.9. The van der Waals surface area contributed by atoms with Gasteiger partial charge in [-0.25, -0.2) is 5.43 Å². The minimum atomic E-state index is -0.344. The Bertz CT molecular complexity index is 632. The van der Waals surface area contributed by atoms with Crippen molar-refractivity contribution in [2.45, 2.75) is 0 Å². The van der Waals surface area contributed by atoms with Crippen LogP contribution in [0, 0.1) is 0 Å². The number of amides is 1. The molecule has 0 bridgehead atoms. The highest BCUT2D eigenvalue weighted by Crippen LogP contribution is 2.15. The van der Waals surface area contributed by atoms with Gasteiger partial charge in [0.25, 0.3) is 5.91 Å². The third kappa shape index (κ3) is 3.05. The molecule has 0 radical (unpaired) electrons. The molecule has 2 aromatic rings. The summed E-state index contributed by atoms with van der Waals surface area (Å²) in [6.45, 7) is 0. The van der Waals surface area contributed by atoms with Gasteiger partial charge in [-0.15, -0.1) is 0 Å². The van der Waals surface area contributed by atoms with Crippen LogP contribution < -0.4 is 10.2 Å². The standard InChI is InChI=1S/C13H13BrN4O2/c1-18-12(10(14)8-16-18)13(19)17-15-7-9-5-3-4-6-11(9)20-2/h3-8H,1-2H3,(H,17,19). The third-order valence-electron chi connectivity index (χ3n) is 2.62. The molecule has 1 amide bonds. The van der Waals surface area contributed by atoms with Gasteiger partial charge in [0.15, 0.2) is 0 Å². The van der Waals surface area contributed by atoms with Crippen LogP contribution in [0.5, 0.6) is 5.75 Å². The molecular weight excluding hydrogens is 324 g/mol. The molecule has 0 saturated carbocycles. The number of para-hydroxylation sites is 1. The highest BCUT2D eigenvalue weighted by atomic mass is 79.9. The molecule has 0 aliphatic rings. The number of halogens is 1. The van der Waals surface area contributed by atoms with Gasteiger partial charge in [0.2, 0.25) is 0 Å². The van der Waals surface area contributed by atoms with E-state index in [4.69, 9.17) is 4.74 Å². The lowest BCUT2D eigenvalue weighted by Crippen LogP contribution is -2.21. The Labute approximate surface area is 124 Å². The first kappa shape index (κ1) is 14.3. The fourth-order valence-corrected chi connectivity index (χ4v) is 2.18. The number of hydrogen-bond acceptors (Lipinski definition) is 4. The molecule has 0 aliphatic carbocycles. The molecule has 7 heteroatoms. The molecule has 1 heterocycles. The van der Waals surface area contributed by atoms with Gasteiger partial charge in [0, 0.05) is 12.6 Å². The van der Waals surface area contributed by atoms with E-state index in [1.54, 1.807) is 20.4 Å². The molecule has 0 aliphatic heterocycles. The van der Waals surface area contributed by atoms with E-state index in [2.05, 4.69) is 31.6 Å². The van der Waals surface area contributed by atoms with Crippen molar-refractivity contribution in [1.29, 1.82) is 0 Å². The monoisotopic (exact) mass is 336 g/mol. The second kappa shape index (κ2) is 6.33. The lowest BCUT2D eigenvalue weighted by atomic mass is 10.2. The summed E-state index contributed by atoms with van der Waals surface area (Å²) >= 11 is 3.26. The SMILES string of the molecule is COc1ccccc1C=NNC(=O)c1c(Br)cnn1C. The molecule has 0 fully saturated rings. The molecule has 0 atom stereocenters. The van der Waals surface area contributed by atoms with Crippen molar-refractivity contribution in [2.24, 2.45) is 12.1 Å². The Balaban J connectivity index is 2.09. The Morgan fingerprint density at radius 3 is 2.90 bits per heavy atom. The maximum absolute atomic E-state index is 11.9. The van der Waals surface area contributed by atoms with Crippen LogP contribution >= 0.6 is 15.9 Å². The highest BCUT2D eigenvalue weighted by molar-refractivity contribution is 9.10. The molecule has 1 aromatic carbocycles. The predicted octanol–water partition coefficient (Wildman–Crippen LogP) is 1.96. The van der Waals surface area contributed by atoms with Crippen LogP contribution in [-0.2, 0) is 7.05 Å². The molecule has 0 spiro atoms. The fourth-order valence-electron chi connectivity index (χ4n) is 1.65. The van der Waals surface area contributed by atoms with Gasteiger partial charge < -0.3 is 4.74 Å². The molecular formula is C13H13BrN4O2. The van der Waals surface area contributed by atoms with Gasteiger partial charge in [-0.3, -0.25) is 9.48 Å². The Kier molecular flexibility index (Phi) is 4.52. The van der Waals surface area contributed by atoms with Crippen molar-refractivity contribution >= 4 is 28.1 Å². The van der Waals surface area contributed by atoms with Gasteiger partial charge in [-0.2, -0.15) is 10.2 Å². The van der Waals surface area contributed by atoms with E-state index in [1.165, 1.54) is 10.9 Å². The van der Waals surface area contributed by atoms with Crippen molar-refractivity contribution in [3.63, 3.8) is 0 Å². The topological polar surface area (TPSA) is 68.5 Å². The number of hydrogen-bond donors (Lipinski definition) is 1.